The molecule has 0 atom stereocenters. The summed E-state index contributed by atoms with van der Waals surface area (Å²) in [6.45, 7) is 2.02. The fraction of sp³-hybridized carbons (Fsp3) is 0.0417. The lowest BCUT2D eigenvalue weighted by Gasteiger charge is -2.03. The summed E-state index contributed by atoms with van der Waals surface area (Å²) >= 11 is 0. The molecule has 5 rings (SSSR count). The van der Waals surface area contributed by atoms with E-state index in [2.05, 4.69) is 20.2 Å². The Morgan fingerprint density at radius 2 is 1.60 bits per heavy atom. The molecule has 3 N–H and O–H groups in total. The van der Waals surface area contributed by atoms with Crippen molar-refractivity contribution in [1.29, 1.82) is 0 Å². The van der Waals surface area contributed by atoms with E-state index in [1.165, 1.54) is 0 Å². The fourth-order valence-corrected chi connectivity index (χ4v) is 3.73. The first-order valence-electron chi connectivity index (χ1n) is 9.55. The normalized spacial score (nSPS) is 11.6. The number of amides is 1. The van der Waals surface area contributed by atoms with E-state index in [0.29, 0.717) is 11.1 Å². The highest BCUT2D eigenvalue weighted by atomic mass is 16.3. The lowest BCUT2D eigenvalue weighted by atomic mass is 10.0. The summed E-state index contributed by atoms with van der Waals surface area (Å²) < 4.78 is 0. The number of H-pyrrole nitrogens is 2. The monoisotopic (exact) mass is 394 g/mol. The number of rotatable bonds is 3. The van der Waals surface area contributed by atoms with Gasteiger partial charge in [-0.25, -0.2) is 0 Å². The van der Waals surface area contributed by atoms with Crippen LogP contribution in [-0.4, -0.2) is 21.0 Å². The van der Waals surface area contributed by atoms with Crippen LogP contribution in [0.3, 0.4) is 0 Å². The van der Waals surface area contributed by atoms with E-state index in [4.69, 9.17) is 0 Å². The number of para-hydroxylation sites is 1. The number of fused-ring (bicyclic) bond motifs is 2. The molecule has 3 aromatic carbocycles. The molecule has 0 aliphatic rings. The number of azo groups is 1. The minimum atomic E-state index is -0.507. The predicted octanol–water partition coefficient (Wildman–Crippen LogP) is 6.25. The number of carbonyl (C=O) groups excluding carboxylic acids is 1. The highest BCUT2D eigenvalue weighted by Crippen LogP contribution is 2.36. The molecule has 6 heteroatoms. The molecular formula is C24H18N4O2. The quantitative estimate of drug-likeness (QED) is 0.315. The van der Waals surface area contributed by atoms with E-state index >= 15 is 0 Å². The standard InChI is InChI=1S/C24H18N4O2/c1-14-11-12-19-17(13-14)20(15-7-3-2-4-8-15)22(25-19)24(30)28-27-21-16-9-5-6-10-18(16)26-23(21)29/h2-13,25-26,29H,1H3. The van der Waals surface area contributed by atoms with Crippen LogP contribution in [0.5, 0.6) is 5.88 Å². The van der Waals surface area contributed by atoms with Crippen molar-refractivity contribution in [1.82, 2.24) is 9.97 Å². The molecule has 0 aliphatic heterocycles. The molecule has 30 heavy (non-hydrogen) atoms. The summed E-state index contributed by atoms with van der Waals surface area (Å²) in [5, 5.41) is 19.8. The van der Waals surface area contributed by atoms with Crippen molar-refractivity contribution in [2.45, 2.75) is 6.92 Å². The van der Waals surface area contributed by atoms with E-state index in [-0.39, 0.29) is 11.6 Å². The Balaban J connectivity index is 1.63. The van der Waals surface area contributed by atoms with Gasteiger partial charge in [0.15, 0.2) is 5.69 Å². The number of aromatic nitrogens is 2. The first kappa shape index (κ1) is 17.9. The topological polar surface area (TPSA) is 93.6 Å². The van der Waals surface area contributed by atoms with Gasteiger partial charge in [-0.15, -0.1) is 10.2 Å². The summed E-state index contributed by atoms with van der Waals surface area (Å²) in [4.78, 5) is 19.1. The Morgan fingerprint density at radius 3 is 2.43 bits per heavy atom. The van der Waals surface area contributed by atoms with Crippen molar-refractivity contribution in [2.24, 2.45) is 10.2 Å². The van der Waals surface area contributed by atoms with Crippen LogP contribution in [0, 0.1) is 6.92 Å². The zero-order valence-corrected chi connectivity index (χ0v) is 16.2. The van der Waals surface area contributed by atoms with Gasteiger partial charge in [0.25, 0.3) is 0 Å². The molecule has 146 valence electrons. The zero-order chi connectivity index (χ0) is 20.7. The minimum Gasteiger partial charge on any atom is -0.493 e. The average molecular weight is 394 g/mol. The van der Waals surface area contributed by atoms with Crippen LogP contribution in [0.1, 0.15) is 16.1 Å². The smallest absolute Gasteiger partial charge is 0.312 e. The number of nitrogens with one attached hydrogen (secondary N) is 2. The molecule has 1 amide bonds. The molecule has 6 nitrogen and oxygen atoms in total. The van der Waals surface area contributed by atoms with Crippen molar-refractivity contribution in [2.75, 3.05) is 0 Å². The van der Waals surface area contributed by atoms with Gasteiger partial charge in [0.1, 0.15) is 5.69 Å². The van der Waals surface area contributed by atoms with Crippen LogP contribution in [0.4, 0.5) is 5.69 Å². The molecule has 0 radical (unpaired) electrons. The molecule has 0 bridgehead atoms. The molecule has 0 spiro atoms. The van der Waals surface area contributed by atoms with Crippen LogP contribution in [0.25, 0.3) is 32.9 Å². The SMILES string of the molecule is Cc1ccc2[nH]c(C(=O)N=Nc3c(O)[nH]c4ccccc34)c(-c3ccccc3)c2c1. The number of benzene rings is 3. The van der Waals surface area contributed by atoms with Gasteiger partial charge in [0.05, 0.1) is 5.52 Å². The molecule has 0 aliphatic carbocycles. The zero-order valence-electron chi connectivity index (χ0n) is 16.2. The van der Waals surface area contributed by atoms with Gasteiger partial charge in [0.2, 0.25) is 5.88 Å². The van der Waals surface area contributed by atoms with Crippen LogP contribution >= 0.6 is 0 Å². The Morgan fingerprint density at radius 1 is 0.867 bits per heavy atom. The van der Waals surface area contributed by atoms with Gasteiger partial charge in [-0.1, -0.05) is 60.2 Å². The van der Waals surface area contributed by atoms with Crippen molar-refractivity contribution >= 4 is 33.4 Å². The number of aromatic hydroxyl groups is 1. The van der Waals surface area contributed by atoms with Crippen LogP contribution < -0.4 is 0 Å². The molecule has 0 fully saturated rings. The summed E-state index contributed by atoms with van der Waals surface area (Å²) in [5.74, 6) is -0.629. The third-order valence-corrected chi connectivity index (χ3v) is 5.13. The van der Waals surface area contributed by atoms with Gasteiger partial charge in [-0.05, 0) is 30.7 Å². The van der Waals surface area contributed by atoms with Crippen LogP contribution in [0.2, 0.25) is 0 Å². The Kier molecular flexibility index (Phi) is 4.17. The number of hydrogen-bond donors (Lipinski definition) is 3. The van der Waals surface area contributed by atoms with Gasteiger partial charge < -0.3 is 15.1 Å². The highest BCUT2D eigenvalue weighted by Gasteiger charge is 2.20. The summed E-state index contributed by atoms with van der Waals surface area (Å²) in [5.41, 5.74) is 5.00. The third-order valence-electron chi connectivity index (χ3n) is 5.13. The molecular weight excluding hydrogens is 376 g/mol. The molecule has 0 unspecified atom stereocenters. The lowest BCUT2D eigenvalue weighted by molar-refractivity contribution is 0.0991. The van der Waals surface area contributed by atoms with Gasteiger partial charge >= 0.3 is 5.91 Å². The molecule has 2 aromatic heterocycles. The van der Waals surface area contributed by atoms with Gasteiger partial charge in [-0.2, -0.15) is 0 Å². The first-order chi connectivity index (χ1) is 14.6. The number of aryl methyl sites for hydroxylation is 1. The maximum absolute atomic E-state index is 13.1. The van der Waals surface area contributed by atoms with Crippen molar-refractivity contribution < 1.29 is 9.90 Å². The number of carbonyl (C=O) groups is 1. The molecule has 0 saturated carbocycles. The maximum Gasteiger partial charge on any atom is 0.312 e. The second-order valence-corrected chi connectivity index (χ2v) is 7.16. The van der Waals surface area contributed by atoms with E-state index in [9.17, 15) is 9.90 Å². The second kappa shape index (κ2) is 7.00. The minimum absolute atomic E-state index is 0.122. The second-order valence-electron chi connectivity index (χ2n) is 7.16. The van der Waals surface area contributed by atoms with E-state index in [0.717, 1.165) is 33.1 Å². The first-order valence-corrected chi connectivity index (χ1v) is 9.55. The lowest BCUT2D eigenvalue weighted by Crippen LogP contribution is -1.97. The fourth-order valence-electron chi connectivity index (χ4n) is 3.73. The average Bonchev–Trinajstić information content (AvgIpc) is 3.29. The summed E-state index contributed by atoms with van der Waals surface area (Å²) in [6, 6.07) is 23.0. The molecule has 0 saturated heterocycles. The molecule has 2 heterocycles. The van der Waals surface area contributed by atoms with Gasteiger partial charge in [0, 0.05) is 21.9 Å². The highest BCUT2D eigenvalue weighted by molar-refractivity contribution is 6.10. The summed E-state index contributed by atoms with van der Waals surface area (Å²) in [6.07, 6.45) is 0. The third kappa shape index (κ3) is 2.95. The Hall–Kier alpha value is -4.19. The van der Waals surface area contributed by atoms with Crippen LogP contribution in [-0.2, 0) is 0 Å². The summed E-state index contributed by atoms with van der Waals surface area (Å²) in [7, 11) is 0. The largest absolute Gasteiger partial charge is 0.493 e. The van der Waals surface area contributed by atoms with Crippen molar-refractivity contribution in [3.05, 3.63) is 84.1 Å². The number of aromatic amines is 2. The Bertz CT molecular complexity index is 1430. The molecule has 5 aromatic rings. The predicted molar refractivity (Wildman–Crippen MR) is 117 cm³/mol. The van der Waals surface area contributed by atoms with E-state index in [1.54, 1.807) is 0 Å². The number of nitrogens with zero attached hydrogens (tertiary/aromatic N) is 2. The Labute approximate surface area is 171 Å². The van der Waals surface area contributed by atoms with E-state index < -0.39 is 5.91 Å². The van der Waals surface area contributed by atoms with Crippen molar-refractivity contribution in [3.63, 3.8) is 0 Å². The van der Waals surface area contributed by atoms with E-state index in [1.807, 2.05) is 79.7 Å². The van der Waals surface area contributed by atoms with Gasteiger partial charge in [-0.3, -0.25) is 4.79 Å². The van der Waals surface area contributed by atoms with Crippen LogP contribution in [0.15, 0.2) is 83.0 Å². The maximum atomic E-state index is 13.1. The number of hydrogen-bond acceptors (Lipinski definition) is 3. The van der Waals surface area contributed by atoms with Crippen molar-refractivity contribution in [3.8, 4) is 17.0 Å².